The summed E-state index contributed by atoms with van der Waals surface area (Å²) < 4.78 is 328. The monoisotopic (exact) mass is 1520 g/mol. The number of hydrogen-bond donors (Lipinski definition) is 5. The molecule has 5 N–H and O–H groups in total. The number of hydrogen-bond acceptors (Lipinski definition) is 15. The molecule has 5 aromatic heterocycles. The lowest BCUT2D eigenvalue weighted by Gasteiger charge is -2.19. The fraction of sp³-hybridized carbons (Fsp3) is 0.222. The fourth-order valence-electron chi connectivity index (χ4n) is 10.5. The molecule has 0 aliphatic carbocycles. The summed E-state index contributed by atoms with van der Waals surface area (Å²) in [5.74, 6) is 1.41. The van der Waals surface area contributed by atoms with E-state index in [9.17, 15) is 0 Å². The van der Waals surface area contributed by atoms with Gasteiger partial charge in [-0.2, -0.15) is 0 Å². The third-order valence-corrected chi connectivity index (χ3v) is 19.6. The molecule has 0 amide bonds. The average molecular weight is 1530 g/mol. The number of nitrogens with one attached hydrogen (secondary N) is 5. The Morgan fingerprint density at radius 1 is 0.314 bits per heavy atom. The van der Waals surface area contributed by atoms with Gasteiger partial charge < -0.3 is 50.3 Å². The van der Waals surface area contributed by atoms with E-state index in [0.29, 0.717) is 51.5 Å². The van der Waals surface area contributed by atoms with Crippen LogP contribution < -0.4 is 50.3 Å². The zero-order valence-electron chi connectivity index (χ0n) is 93.9. The molecule has 0 saturated heterocycles. The SMILES string of the molecule is [2H]C([2H])([2H])NC([2H])([2H])C([2H])([2H])C(Oc1cccc2ccccc12)c1cccs1.[2H]C([2H])([2H])NCCC(Oc1cccc2ccccc12)c1cccs1.[2H]c1c([2H])c([2H])c2c(OC(CCNC([2H])([2H])[2H])c3cccs3)c([2H])c([2H])c([2H])c2c1[2H].[2H]c1sc(C([2H])(CCNC([2H])([2H])[2H])Oc2cccc3ccccc23)c([2H])c1[2H].[2H]c1sc(C([2H])(Oc2cccc3ccccc23)C([2H])([2H])C([2H])([2H])NC([2H])([2H])[2H])c([2H])c1[2H]. The summed E-state index contributed by atoms with van der Waals surface area (Å²) >= 11 is 5.47. The molecule has 5 heterocycles. The highest BCUT2D eigenvalue weighted by atomic mass is 32.1. The van der Waals surface area contributed by atoms with Gasteiger partial charge in [-0.1, -0.05) is 212 Å². The van der Waals surface area contributed by atoms with Crippen molar-refractivity contribution < 1.29 is 75.8 Å². The summed E-state index contributed by atoms with van der Waals surface area (Å²) in [7, 11) is 0. The number of thiophene rings is 5. The van der Waals surface area contributed by atoms with Gasteiger partial charge in [0.1, 0.15) is 59.2 Å². The van der Waals surface area contributed by atoms with Crippen molar-refractivity contribution in [3.05, 3.63) is 324 Å². The maximum Gasteiger partial charge on any atom is 0.134 e. The third kappa shape index (κ3) is 22.4. The van der Waals surface area contributed by atoms with E-state index in [1.165, 1.54) is 28.7 Å². The van der Waals surface area contributed by atoms with Gasteiger partial charge in [0.2, 0.25) is 0 Å². The molecule has 0 spiro atoms. The molecule has 0 fully saturated rings. The first-order valence-electron chi connectivity index (χ1n) is 51.6. The summed E-state index contributed by atoms with van der Waals surface area (Å²) in [6, 6.07) is 57.1. The summed E-state index contributed by atoms with van der Waals surface area (Å²) in [6.45, 7) is -18.6. The van der Waals surface area contributed by atoms with Gasteiger partial charge in [-0.3, -0.25) is 0 Å². The minimum absolute atomic E-state index is 0.00230. The Bertz CT molecular complexity index is 6810. The number of ether oxygens (including phenoxy) is 5. The van der Waals surface area contributed by atoms with Gasteiger partial charge in [0.25, 0.3) is 0 Å². The van der Waals surface area contributed by atoms with Crippen LogP contribution in [-0.4, -0.2) is 67.5 Å². The second-order valence-electron chi connectivity index (χ2n) is 22.0. The Balaban J connectivity index is 0.000000171. The average Bonchev–Trinajstić information content (AvgIpc) is 1.69. The minimum Gasteiger partial charge on any atom is -0.484 e. The second kappa shape index (κ2) is 42.1. The van der Waals surface area contributed by atoms with Crippen LogP contribution in [0.3, 0.4) is 0 Å². The van der Waals surface area contributed by atoms with Crippen LogP contribution in [0.5, 0.6) is 28.7 Å². The fourth-order valence-corrected chi connectivity index (χ4v) is 13.8. The van der Waals surface area contributed by atoms with Gasteiger partial charge in [0.05, 0.1) is 20.6 Å². The Hall–Kier alpha value is -9.20. The highest BCUT2D eigenvalue weighted by Gasteiger charge is 2.21. The lowest BCUT2D eigenvalue weighted by atomic mass is 10.1. The molecule has 0 aliphatic heterocycles. The van der Waals surface area contributed by atoms with E-state index in [1.54, 1.807) is 118 Å². The highest BCUT2D eigenvalue weighted by molar-refractivity contribution is 7.11. The first-order chi connectivity index (χ1) is 66.7. The molecule has 15 rings (SSSR count). The van der Waals surface area contributed by atoms with Gasteiger partial charge >= 0.3 is 0 Å². The van der Waals surface area contributed by atoms with E-state index in [4.69, 9.17) is 75.8 Å². The normalized spacial score (nSPS) is 19.4. The van der Waals surface area contributed by atoms with Crippen LogP contribution in [0.1, 0.15) is 139 Å². The van der Waals surface area contributed by atoms with E-state index < -0.39 is 150 Å². The molecule has 0 aliphatic rings. The molecule has 0 bridgehead atoms. The maximum atomic E-state index is 8.95. The summed E-state index contributed by atoms with van der Waals surface area (Å²) in [5.41, 5.74) is 0. The standard InChI is InChI=1S/5C18H19NOS/c5*1-19-12-11-17(18-10-5-13-21-18)20-16-9-4-7-14-6-2-3-8-15(14)16/h5*2-10,13,17,19H,11-12H2,1H3/i1D3,2D,3D,4D,6D,7D,8D,9D;1D3,5D,10D,11D2,12D2,13D,17D;1D3,5D,10D,13D,17D;1D3,11D2,12D2;1D3. The molecule has 10 nitrogen and oxygen atoms in total. The summed E-state index contributed by atoms with van der Waals surface area (Å²) in [4.78, 5) is 1.86. The van der Waals surface area contributed by atoms with Crippen LogP contribution in [-0.2, 0) is 0 Å². The van der Waals surface area contributed by atoms with Crippen LogP contribution in [0.15, 0.2) is 300 Å². The molecule has 15 heteroatoms. The Kier molecular flexibility index (Phi) is 16.7. The molecule has 0 radical (unpaired) electrons. The van der Waals surface area contributed by atoms with Crippen molar-refractivity contribution in [2.45, 2.75) is 62.5 Å². The molecule has 10 aromatic carbocycles. The van der Waals surface area contributed by atoms with E-state index in [2.05, 4.69) is 28.1 Å². The van der Waals surface area contributed by atoms with Gasteiger partial charge in [-0.25, -0.2) is 0 Å². The highest BCUT2D eigenvalue weighted by Crippen LogP contribution is 2.38. The first-order valence-corrected chi connectivity index (χ1v) is 36.8. The number of benzene rings is 10. The van der Waals surface area contributed by atoms with Crippen molar-refractivity contribution in [1.29, 1.82) is 0 Å². The van der Waals surface area contributed by atoms with E-state index in [1.807, 2.05) is 109 Å². The quantitative estimate of drug-likeness (QED) is 0.0299. The first kappa shape index (κ1) is 41.6. The van der Waals surface area contributed by atoms with Gasteiger partial charge in [-0.15, -0.1) is 56.7 Å². The minimum atomic E-state index is -3.40. The molecular formula is C90H95N5O5S5. The molecule has 540 valence electrons. The lowest BCUT2D eigenvalue weighted by molar-refractivity contribution is 0.201. The Labute approximate surface area is 693 Å². The van der Waals surface area contributed by atoms with E-state index >= 15 is 0 Å². The van der Waals surface area contributed by atoms with Crippen molar-refractivity contribution in [2.24, 2.45) is 0 Å². The zero-order valence-corrected chi connectivity index (χ0v) is 60.0. The number of rotatable bonds is 30. The van der Waals surface area contributed by atoms with Gasteiger partial charge in [0, 0.05) is 115 Å². The smallest absolute Gasteiger partial charge is 0.134 e. The third-order valence-electron chi connectivity index (χ3n) is 15.3. The van der Waals surface area contributed by atoms with Crippen LogP contribution in [0.4, 0.5) is 0 Å². The van der Waals surface area contributed by atoms with Crippen molar-refractivity contribution >= 4 is 111 Å². The predicted octanol–water partition coefficient (Wildman–Crippen LogP) is 23.2. The maximum absolute atomic E-state index is 8.95. The Morgan fingerprint density at radius 3 is 1.16 bits per heavy atom. The molecule has 0 saturated carbocycles. The van der Waals surface area contributed by atoms with Crippen LogP contribution in [0.25, 0.3) is 53.9 Å². The van der Waals surface area contributed by atoms with Crippen LogP contribution in [0.2, 0.25) is 0 Å². The van der Waals surface area contributed by atoms with E-state index in [-0.39, 0.29) is 76.6 Å². The van der Waals surface area contributed by atoms with Gasteiger partial charge in [0.15, 0.2) is 0 Å². The second-order valence-corrected chi connectivity index (χ2v) is 26.6. The van der Waals surface area contributed by atoms with Crippen LogP contribution in [0, 0.1) is 0 Å². The van der Waals surface area contributed by atoms with E-state index in [0.717, 1.165) is 59.2 Å². The topological polar surface area (TPSA) is 106 Å². The summed E-state index contributed by atoms with van der Waals surface area (Å²) in [5, 5.41) is 22.1. The zero-order chi connectivity index (χ0) is 105. The lowest BCUT2D eigenvalue weighted by Crippen LogP contribution is -2.15. The van der Waals surface area contributed by atoms with Gasteiger partial charge in [-0.05, 0) is 182 Å². The van der Waals surface area contributed by atoms with Crippen molar-refractivity contribution in [2.75, 3.05) is 67.5 Å². The van der Waals surface area contributed by atoms with Crippen molar-refractivity contribution in [1.82, 2.24) is 26.6 Å². The Morgan fingerprint density at radius 2 is 0.705 bits per heavy atom. The van der Waals surface area contributed by atoms with Crippen LogP contribution >= 0.6 is 56.7 Å². The van der Waals surface area contributed by atoms with Crippen molar-refractivity contribution in [3.63, 3.8) is 0 Å². The molecule has 5 unspecified atom stereocenters. The molecule has 105 heavy (non-hydrogen) atoms. The molecular weight excluding hydrogens is 1390 g/mol. The van der Waals surface area contributed by atoms with Crippen molar-refractivity contribution in [3.8, 4) is 28.7 Å². The molecule has 5 atom stereocenters. The number of fused-ring (bicyclic) bond motifs is 5. The predicted molar refractivity (Wildman–Crippen MR) is 451 cm³/mol. The summed E-state index contributed by atoms with van der Waals surface area (Å²) in [6.07, 6.45) is -12.5. The molecule has 15 aromatic rings. The largest absolute Gasteiger partial charge is 0.484 e.